The maximum Gasteiger partial charge on any atom is 0.255 e. The van der Waals surface area contributed by atoms with E-state index in [-0.39, 0.29) is 17.7 Å². The van der Waals surface area contributed by atoms with Gasteiger partial charge in [-0.3, -0.25) is 15.0 Å². The number of hydrogen-bond donors (Lipinski definition) is 4. The van der Waals surface area contributed by atoms with Crippen molar-refractivity contribution in [3.8, 4) is 11.8 Å². The van der Waals surface area contributed by atoms with Crippen LogP contribution in [0.1, 0.15) is 41.5 Å². The fourth-order valence-electron chi connectivity index (χ4n) is 3.38. The highest BCUT2D eigenvalue weighted by atomic mass is 16.5. The van der Waals surface area contributed by atoms with Gasteiger partial charge in [0.05, 0.1) is 17.7 Å². The number of nitrogens with one attached hydrogen (secondary N) is 4. The Morgan fingerprint density at radius 1 is 1.21 bits per heavy atom. The van der Waals surface area contributed by atoms with Crippen molar-refractivity contribution in [1.29, 1.82) is 10.7 Å². The number of imidazole rings is 1. The third kappa shape index (κ3) is 5.37. The van der Waals surface area contributed by atoms with Gasteiger partial charge in [0.2, 0.25) is 11.8 Å². The predicted octanol–water partition coefficient (Wildman–Crippen LogP) is 4.25. The molecule has 3 aromatic rings. The predicted molar refractivity (Wildman–Crippen MR) is 128 cm³/mol. The lowest BCUT2D eigenvalue weighted by Gasteiger charge is -2.10. The summed E-state index contributed by atoms with van der Waals surface area (Å²) in [7, 11) is 0. The lowest BCUT2D eigenvalue weighted by atomic mass is 9.96. The number of carbonyl (C=O) groups excluding carboxylic acids is 2. The summed E-state index contributed by atoms with van der Waals surface area (Å²) in [6.45, 7) is 1.39. The van der Waals surface area contributed by atoms with Crippen molar-refractivity contribution in [3.05, 3.63) is 77.8 Å². The van der Waals surface area contributed by atoms with Crippen LogP contribution in [0.2, 0.25) is 0 Å². The molecule has 0 unspecified atom stereocenters. The van der Waals surface area contributed by atoms with E-state index in [2.05, 4.69) is 26.7 Å². The summed E-state index contributed by atoms with van der Waals surface area (Å²) < 4.78 is 5.52. The molecule has 9 nitrogen and oxygen atoms in total. The molecule has 0 atom stereocenters. The number of ether oxygens (including phenoxy) is 1. The Labute approximate surface area is 196 Å². The van der Waals surface area contributed by atoms with E-state index in [0.717, 1.165) is 18.4 Å². The molecule has 1 heterocycles. The fourth-order valence-corrected chi connectivity index (χ4v) is 3.38. The van der Waals surface area contributed by atoms with Gasteiger partial charge in [-0.2, -0.15) is 5.26 Å². The number of nitrogens with zero attached hydrogens (tertiary/aromatic N) is 2. The lowest BCUT2D eigenvalue weighted by molar-refractivity contribution is -0.114. The van der Waals surface area contributed by atoms with Gasteiger partial charge in [-0.05, 0) is 48.7 Å². The second kappa shape index (κ2) is 9.42. The Morgan fingerprint density at radius 3 is 2.74 bits per heavy atom. The molecule has 1 saturated carbocycles. The van der Waals surface area contributed by atoms with E-state index in [0.29, 0.717) is 28.6 Å². The number of hydrogen-bond acceptors (Lipinski definition) is 6. The molecule has 0 bridgehead atoms. The van der Waals surface area contributed by atoms with E-state index < -0.39 is 5.41 Å². The van der Waals surface area contributed by atoms with Gasteiger partial charge in [0.1, 0.15) is 17.4 Å². The molecule has 0 aliphatic heterocycles. The van der Waals surface area contributed by atoms with Crippen molar-refractivity contribution in [3.63, 3.8) is 0 Å². The van der Waals surface area contributed by atoms with Gasteiger partial charge < -0.3 is 20.4 Å². The Hall–Kier alpha value is -4.71. The van der Waals surface area contributed by atoms with Crippen LogP contribution in [0.15, 0.2) is 60.8 Å². The summed E-state index contributed by atoms with van der Waals surface area (Å²) >= 11 is 0. The first-order chi connectivity index (χ1) is 16.4. The molecule has 0 saturated heterocycles. The normalized spacial score (nSPS) is 13.6. The number of H-pyrrole nitrogens is 1. The third-order valence-electron chi connectivity index (χ3n) is 5.26. The average Bonchev–Trinajstić information content (AvgIpc) is 3.50. The highest BCUT2D eigenvalue weighted by molar-refractivity contribution is 6.04. The topological polar surface area (TPSA) is 144 Å². The number of nitriles is 1. The lowest BCUT2D eigenvalue weighted by Crippen LogP contribution is -2.13. The van der Waals surface area contributed by atoms with Gasteiger partial charge in [-0.25, -0.2) is 4.98 Å². The Kier molecular flexibility index (Phi) is 6.23. The molecule has 1 fully saturated rings. The van der Waals surface area contributed by atoms with Crippen molar-refractivity contribution in [2.75, 3.05) is 10.6 Å². The maximum atomic E-state index is 12.7. The molecule has 4 rings (SSSR count). The molecule has 0 radical (unpaired) electrons. The molecule has 0 spiro atoms. The number of anilines is 2. The molecular weight excluding hydrogens is 432 g/mol. The first-order valence-electron chi connectivity index (χ1n) is 10.6. The van der Waals surface area contributed by atoms with E-state index in [1.54, 1.807) is 48.5 Å². The summed E-state index contributed by atoms with van der Waals surface area (Å²) in [5.41, 5.74) is 1.38. The van der Waals surface area contributed by atoms with E-state index in [9.17, 15) is 14.9 Å². The second-order valence-electron chi connectivity index (χ2n) is 7.92. The third-order valence-corrected chi connectivity index (χ3v) is 5.26. The van der Waals surface area contributed by atoms with Gasteiger partial charge in [0.25, 0.3) is 5.91 Å². The largest absolute Gasteiger partial charge is 0.440 e. The molecule has 1 aliphatic rings. The number of rotatable bonds is 7. The first kappa shape index (κ1) is 22.5. The van der Waals surface area contributed by atoms with E-state index >= 15 is 0 Å². The number of carbonyl (C=O) groups is 2. The number of aromatic amines is 1. The highest BCUT2D eigenvalue weighted by Gasteiger charge is 2.45. The van der Waals surface area contributed by atoms with Crippen molar-refractivity contribution < 1.29 is 14.3 Å². The van der Waals surface area contributed by atoms with Crippen LogP contribution in [0.5, 0.6) is 5.75 Å². The number of benzene rings is 2. The average molecular weight is 454 g/mol. The number of amides is 2. The Morgan fingerprint density at radius 2 is 2.00 bits per heavy atom. The van der Waals surface area contributed by atoms with E-state index in [1.807, 2.05) is 6.07 Å². The molecular formula is C25H22N6O3. The van der Waals surface area contributed by atoms with Crippen LogP contribution < -0.4 is 15.4 Å². The SMILES string of the molecule is CC(=O)Nc1cnc(/C=C\C(=N)Oc2cccc(NC(=O)c3cccc(C4(C#N)CC4)c3)c2)[nH]1. The molecule has 4 N–H and O–H groups in total. The van der Waals surface area contributed by atoms with Crippen LogP contribution in [0.25, 0.3) is 6.08 Å². The zero-order valence-electron chi connectivity index (χ0n) is 18.4. The first-order valence-corrected chi connectivity index (χ1v) is 10.6. The van der Waals surface area contributed by atoms with Crippen molar-refractivity contribution in [2.45, 2.75) is 25.2 Å². The smallest absolute Gasteiger partial charge is 0.255 e. The standard InChI is InChI=1S/C25H22N6O3/c1-16(32)29-23-14-28-22(31-23)9-8-21(27)34-20-7-3-6-19(13-20)30-24(33)17-4-2-5-18(12-17)25(15-26)10-11-25/h2-9,12-14,27H,10-11H2,1H3,(H,28,31)(H,29,32)(H,30,33)/b9-8-,27-21?. The van der Waals surface area contributed by atoms with Crippen LogP contribution >= 0.6 is 0 Å². The molecule has 2 amide bonds. The van der Waals surface area contributed by atoms with Crippen LogP contribution in [-0.2, 0) is 10.2 Å². The summed E-state index contributed by atoms with van der Waals surface area (Å²) in [4.78, 5) is 30.8. The minimum absolute atomic E-state index is 0.139. The summed E-state index contributed by atoms with van der Waals surface area (Å²) in [5.74, 6) is 0.624. The zero-order chi connectivity index (χ0) is 24.1. The molecule has 2 aromatic carbocycles. The molecule has 9 heteroatoms. The van der Waals surface area contributed by atoms with Crippen molar-refractivity contribution >= 4 is 35.3 Å². The van der Waals surface area contributed by atoms with E-state index in [4.69, 9.17) is 10.1 Å². The minimum Gasteiger partial charge on any atom is -0.440 e. The molecule has 34 heavy (non-hydrogen) atoms. The Bertz CT molecular complexity index is 1330. The fraction of sp³-hybridized carbons (Fsp3) is 0.160. The summed E-state index contributed by atoms with van der Waals surface area (Å²) in [6, 6.07) is 16.2. The van der Waals surface area contributed by atoms with Gasteiger partial charge in [0, 0.05) is 30.3 Å². The minimum atomic E-state index is -0.459. The van der Waals surface area contributed by atoms with Crippen LogP contribution in [0.3, 0.4) is 0 Å². The molecule has 1 aliphatic carbocycles. The van der Waals surface area contributed by atoms with Crippen LogP contribution in [0.4, 0.5) is 11.5 Å². The summed E-state index contributed by atoms with van der Waals surface area (Å²) in [6.07, 6.45) is 6.05. The highest BCUT2D eigenvalue weighted by Crippen LogP contribution is 2.47. The Balaban J connectivity index is 1.37. The van der Waals surface area contributed by atoms with Crippen molar-refractivity contribution in [1.82, 2.24) is 9.97 Å². The maximum absolute atomic E-state index is 12.7. The zero-order valence-corrected chi connectivity index (χ0v) is 18.4. The quantitative estimate of drug-likeness (QED) is 0.312. The second-order valence-corrected chi connectivity index (χ2v) is 7.92. The number of aromatic nitrogens is 2. The van der Waals surface area contributed by atoms with Gasteiger partial charge >= 0.3 is 0 Å². The van der Waals surface area contributed by atoms with Crippen LogP contribution in [-0.4, -0.2) is 27.7 Å². The van der Waals surface area contributed by atoms with E-state index in [1.165, 1.54) is 19.2 Å². The van der Waals surface area contributed by atoms with Gasteiger partial charge in [0.15, 0.2) is 0 Å². The van der Waals surface area contributed by atoms with Crippen molar-refractivity contribution in [2.24, 2.45) is 0 Å². The molecule has 170 valence electrons. The van der Waals surface area contributed by atoms with Crippen LogP contribution in [0, 0.1) is 16.7 Å². The van der Waals surface area contributed by atoms with Gasteiger partial charge in [-0.15, -0.1) is 0 Å². The molecule has 1 aromatic heterocycles. The summed E-state index contributed by atoms with van der Waals surface area (Å²) in [5, 5.41) is 22.8. The van der Waals surface area contributed by atoms with Gasteiger partial charge in [-0.1, -0.05) is 18.2 Å². The monoisotopic (exact) mass is 454 g/mol.